The Morgan fingerprint density at radius 2 is 0.933 bits per heavy atom. The molecule has 0 bridgehead atoms. The maximum Gasteiger partial charge on any atom is 0.349 e. The number of ether oxygens (including phenoxy) is 3. The lowest BCUT2D eigenvalue weighted by molar-refractivity contribution is -0.116. The molecule has 23 heteroatoms. The first-order valence-electron chi connectivity index (χ1n) is 34.9. The number of hydrogen-bond acceptors (Lipinski definition) is 23. The molecule has 2 saturated carbocycles. The minimum atomic E-state index is -0.556. The minimum Gasteiger partial charge on any atom is -0.508 e. The van der Waals surface area contributed by atoms with Gasteiger partial charge in [0.25, 0.3) is 0 Å². The van der Waals surface area contributed by atoms with E-state index in [9.17, 15) is 29.1 Å². The summed E-state index contributed by atoms with van der Waals surface area (Å²) in [6.45, 7) is 3.46. The molecule has 6 aromatic heterocycles. The molecule has 3 fully saturated rings. The van der Waals surface area contributed by atoms with E-state index in [-0.39, 0.29) is 82.3 Å². The van der Waals surface area contributed by atoms with Crippen molar-refractivity contribution in [1.82, 2.24) is 20.3 Å². The standard InChI is InChI=1S/C22H19NO4.C21H18N2O4.C16H9NO4.C10H11NO2.C7H6O3.C6H12O/c24-22-17(21-23-18-8-4-5-9-19(18)26-21)12-14-10-11-16(13-20(14)27-22)25-15-6-2-1-3-7-15;24-21-16(20-23-17-3-1-2-4-18(17)26-20)11-13-5-6-15(12-19(13)27-21)25-14-7-9-22-10-8-14;18-10-6-5-9-7-11(16(19)21-14(9)8-10)15-17-12-3-1-2-4-13(12)20-15;1-7(12)6-10-11-8-4-2-3-5-9(8)13-10;8-4-5-1-2-6(9)3-7(5)10;7-6-4-2-1-3-5-6/h4-5,8-13,15H,1-3,6-7H2;1-6,11-12,14,22H,7-10H2;1-8,18H;2-5,8-9H,6H2,1H3;1-4,9-10H;6-7H,1-5H2. The number of rotatable bonds is 10. The fraction of sp³-hybridized carbons (Fsp3) is 0.256. The summed E-state index contributed by atoms with van der Waals surface area (Å²) in [7, 11) is 0. The Balaban J connectivity index is 0.000000118. The fourth-order valence-corrected chi connectivity index (χ4v) is 12.5. The number of phenolic OH excluding ortho intramolecular Hbond substituents is 3. The number of phenols is 3. The number of nitrogens with one attached hydrogen (secondary N) is 1. The summed E-state index contributed by atoms with van der Waals surface area (Å²) in [5, 5.41) is 41.6. The van der Waals surface area contributed by atoms with Gasteiger partial charge in [0.05, 0.1) is 24.2 Å². The van der Waals surface area contributed by atoms with E-state index in [0.29, 0.717) is 90.9 Å². The smallest absolute Gasteiger partial charge is 0.349 e. The summed E-state index contributed by atoms with van der Waals surface area (Å²) < 4.78 is 50.8. The topological polar surface area (TPSA) is 336 Å². The number of aliphatic hydroxyl groups is 1. The van der Waals surface area contributed by atoms with Gasteiger partial charge in [-0.1, -0.05) is 80.3 Å². The lowest BCUT2D eigenvalue weighted by Gasteiger charge is -2.23. The number of aldehydes is 1. The van der Waals surface area contributed by atoms with Crippen molar-refractivity contribution < 1.29 is 70.7 Å². The largest absolute Gasteiger partial charge is 0.508 e. The van der Waals surface area contributed by atoms with Crippen molar-refractivity contribution in [2.75, 3.05) is 13.1 Å². The Hall–Kier alpha value is -12.2. The Morgan fingerprint density at radius 3 is 1.38 bits per heavy atom. The number of allylic oxidation sites excluding steroid dienone is 2. The van der Waals surface area contributed by atoms with E-state index in [1.807, 2.05) is 115 Å². The van der Waals surface area contributed by atoms with Crippen LogP contribution in [0, 0.1) is 0 Å². The van der Waals surface area contributed by atoms with E-state index in [1.165, 1.54) is 62.8 Å². The molecule has 2 unspecified atom stereocenters. The molecule has 2 aliphatic heterocycles. The lowest BCUT2D eigenvalue weighted by atomic mass is 9.98. The van der Waals surface area contributed by atoms with Gasteiger partial charge in [-0.25, -0.2) is 34.3 Å². The molecule has 23 nitrogen and oxygen atoms in total. The molecule has 0 radical (unpaired) electrons. The van der Waals surface area contributed by atoms with E-state index < -0.39 is 16.9 Å². The number of nitrogens with zero attached hydrogens (tertiary/aromatic N) is 4. The highest BCUT2D eigenvalue weighted by Crippen LogP contribution is 2.33. The van der Waals surface area contributed by atoms with Crippen LogP contribution in [-0.4, -0.2) is 96.9 Å². The number of oxazole rings is 3. The Kier molecular flexibility index (Phi) is 22.6. The summed E-state index contributed by atoms with van der Waals surface area (Å²) in [6, 6.07) is 46.9. The predicted molar refractivity (Wildman–Crippen MR) is 396 cm³/mol. The molecule has 536 valence electrons. The van der Waals surface area contributed by atoms with Crippen molar-refractivity contribution >= 4 is 84.2 Å². The number of aliphatic imine (C=N–C) groups is 1. The number of carbonyl (C=O) groups excluding carboxylic acids is 2. The second-order valence-corrected chi connectivity index (χ2v) is 25.8. The average Bonchev–Trinajstić information content (AvgIpc) is 1.78. The monoisotopic (exact) mass is 1420 g/mol. The van der Waals surface area contributed by atoms with Crippen LogP contribution < -0.4 is 31.7 Å². The van der Waals surface area contributed by atoms with Gasteiger partial charge in [0, 0.05) is 40.4 Å². The first kappa shape index (κ1) is 71.2. The Morgan fingerprint density at radius 1 is 0.495 bits per heavy atom. The van der Waals surface area contributed by atoms with Gasteiger partial charge < -0.3 is 66.5 Å². The number of hydrogen-bond donors (Lipinski definition) is 5. The number of piperidine rings is 1. The molecule has 105 heavy (non-hydrogen) atoms. The number of benzene rings is 7. The van der Waals surface area contributed by atoms with Crippen LogP contribution in [0.3, 0.4) is 0 Å². The van der Waals surface area contributed by atoms with Gasteiger partial charge in [0.2, 0.25) is 17.7 Å². The molecule has 18 rings (SSSR count). The molecule has 0 spiro atoms. The molecule has 1 saturated heterocycles. The maximum absolute atomic E-state index is 12.5. The fourth-order valence-electron chi connectivity index (χ4n) is 12.5. The first-order chi connectivity index (χ1) is 51.1. The number of ketones is 1. The normalized spacial score (nSPS) is 16.4. The predicted octanol–water partition coefficient (Wildman–Crippen LogP) is 15.8. The molecule has 5 aliphatic rings. The van der Waals surface area contributed by atoms with Crippen LogP contribution in [0.4, 0.5) is 0 Å². The molecule has 8 heterocycles. The zero-order chi connectivity index (χ0) is 72.8. The van der Waals surface area contributed by atoms with Gasteiger partial charge in [-0.05, 0) is 181 Å². The van der Waals surface area contributed by atoms with E-state index in [4.69, 9.17) is 56.0 Å². The number of carbonyl (C=O) groups is 2. The molecule has 2 atom stereocenters. The van der Waals surface area contributed by atoms with Crippen molar-refractivity contribution in [1.29, 1.82) is 0 Å². The number of aromatic nitrogens is 3. The van der Waals surface area contributed by atoms with Crippen molar-refractivity contribution in [3.8, 4) is 63.1 Å². The van der Waals surface area contributed by atoms with Gasteiger partial charge >= 0.3 is 16.9 Å². The van der Waals surface area contributed by atoms with E-state index in [1.54, 1.807) is 49.4 Å². The molecule has 13 aromatic rings. The van der Waals surface area contributed by atoms with Crippen molar-refractivity contribution in [3.05, 3.63) is 225 Å². The van der Waals surface area contributed by atoms with Gasteiger partial charge in [0.1, 0.15) is 103 Å². The van der Waals surface area contributed by atoms with E-state index >= 15 is 0 Å². The zero-order valence-corrected chi connectivity index (χ0v) is 57.3. The second kappa shape index (κ2) is 33.3. The quantitative estimate of drug-likeness (QED) is 0.0627. The zero-order valence-electron chi connectivity index (χ0n) is 57.3. The average molecular weight is 1420 g/mol. The number of fused-ring (bicyclic) bond motifs is 7. The number of Topliss-reactive ketones (excluding diaryl/α,β-unsaturated/α-hetero) is 1. The highest BCUT2D eigenvalue weighted by atomic mass is 16.5. The molecule has 5 N–H and O–H groups in total. The van der Waals surface area contributed by atoms with E-state index in [0.717, 1.165) is 74.2 Å². The van der Waals surface area contributed by atoms with Crippen molar-refractivity contribution in [3.63, 3.8) is 0 Å². The van der Waals surface area contributed by atoms with Crippen molar-refractivity contribution in [2.45, 2.75) is 121 Å². The number of aliphatic hydroxyl groups excluding tert-OH is 1. The number of aromatic hydroxyl groups is 3. The third-order valence-corrected chi connectivity index (χ3v) is 17.9. The first-order valence-corrected chi connectivity index (χ1v) is 34.9. The number of para-hydroxylation sites is 6. The SMILES string of the molecule is CC(=O)CC1=NC2C=CC=CC2O1.O=Cc1ccc(O)cc1O.O=c1oc2cc(O)ccc2cc1-c1nc2ccccc2o1.O=c1oc2cc(OC3CCCCC3)ccc2cc1-c1nc2ccccc2o1.O=c1oc2cc(OC3CCNCC3)ccc2cc1-c1nc2ccccc2o1.OC1CCCCC1. The Bertz CT molecular complexity index is 5240. The summed E-state index contributed by atoms with van der Waals surface area (Å²) >= 11 is 0. The van der Waals surface area contributed by atoms with Crippen molar-refractivity contribution in [2.24, 2.45) is 4.99 Å². The third kappa shape index (κ3) is 18.2. The van der Waals surface area contributed by atoms with Gasteiger partial charge in [0.15, 0.2) is 28.9 Å². The van der Waals surface area contributed by atoms with Crippen LogP contribution in [0.15, 0.2) is 234 Å². The van der Waals surface area contributed by atoms with Crippen LogP contribution >= 0.6 is 0 Å². The summed E-state index contributed by atoms with van der Waals surface area (Å²) in [5.74, 6) is 2.66. The summed E-state index contributed by atoms with van der Waals surface area (Å²) in [4.78, 5) is 75.3. The highest BCUT2D eigenvalue weighted by Gasteiger charge is 2.29. The molecule has 7 aromatic carbocycles. The van der Waals surface area contributed by atoms with Crippen LogP contribution in [0.25, 0.3) is 101 Å². The summed E-state index contributed by atoms with van der Waals surface area (Å²) in [5.41, 5.74) is 4.86. The van der Waals surface area contributed by atoms with Gasteiger partial charge in [-0.3, -0.25) is 9.59 Å². The highest BCUT2D eigenvalue weighted by molar-refractivity contribution is 5.98. The van der Waals surface area contributed by atoms with Crippen LogP contribution in [0.2, 0.25) is 0 Å². The second-order valence-electron chi connectivity index (χ2n) is 25.8. The third-order valence-electron chi connectivity index (χ3n) is 17.9. The van der Waals surface area contributed by atoms with Crippen LogP contribution in [-0.2, 0) is 9.53 Å². The summed E-state index contributed by atoms with van der Waals surface area (Å²) in [6.07, 6.45) is 22.9. The Labute approximate surface area is 599 Å². The molecule has 3 aliphatic carbocycles. The lowest BCUT2D eigenvalue weighted by Crippen LogP contribution is -2.34. The molecular weight excluding hydrogens is 1340 g/mol. The van der Waals surface area contributed by atoms with Gasteiger partial charge in [-0.15, -0.1) is 0 Å². The maximum atomic E-state index is 12.5. The minimum absolute atomic E-state index is 0.0133. The van der Waals surface area contributed by atoms with Gasteiger partial charge in [-0.2, -0.15) is 0 Å². The van der Waals surface area contributed by atoms with Crippen LogP contribution in [0.1, 0.15) is 101 Å². The molecular formula is C82H75N5O18. The van der Waals surface area contributed by atoms with Crippen LogP contribution in [0.5, 0.6) is 28.7 Å². The van der Waals surface area contributed by atoms with E-state index in [2.05, 4.69) is 25.3 Å². The molecule has 0 amide bonds.